The lowest BCUT2D eigenvalue weighted by molar-refractivity contribution is -0.644. The normalized spacial score (nSPS) is 12.6. The summed E-state index contributed by atoms with van der Waals surface area (Å²) >= 11 is 0. The van der Waals surface area contributed by atoms with Gasteiger partial charge in [-0.25, -0.2) is 6.57 Å². The molecule has 0 saturated carbocycles. The number of aryl methyl sites for hydroxylation is 3. The maximum atomic E-state index is 7.69. The van der Waals surface area contributed by atoms with Crippen molar-refractivity contribution < 1.29 is 4.57 Å². The van der Waals surface area contributed by atoms with Crippen LogP contribution in [0, 0.1) is 20.4 Å². The van der Waals surface area contributed by atoms with E-state index in [4.69, 9.17) is 6.57 Å². The summed E-state index contributed by atoms with van der Waals surface area (Å²) in [7, 11) is 2.15. The van der Waals surface area contributed by atoms with Crippen LogP contribution in [0.3, 0.4) is 0 Å². The van der Waals surface area contributed by atoms with Crippen molar-refractivity contribution in [3.8, 4) is 0 Å². The van der Waals surface area contributed by atoms with Crippen molar-refractivity contribution in [2.24, 2.45) is 7.05 Å². The minimum Gasteiger partial charge on any atom is -0.311 e. The van der Waals surface area contributed by atoms with Crippen LogP contribution in [0.1, 0.15) is 30.5 Å². The van der Waals surface area contributed by atoms with Crippen molar-refractivity contribution >= 4 is 49.0 Å². The summed E-state index contributed by atoms with van der Waals surface area (Å²) in [5, 5.41) is 6.49. The number of rotatable bonds is 2. The van der Waals surface area contributed by atoms with Crippen molar-refractivity contribution in [2.75, 3.05) is 0 Å². The zero-order chi connectivity index (χ0) is 22.4. The summed E-state index contributed by atoms with van der Waals surface area (Å²) in [6, 6.07) is 17.8. The molecule has 0 spiro atoms. The second-order valence-corrected chi connectivity index (χ2v) is 9.86. The highest BCUT2D eigenvalue weighted by Crippen LogP contribution is 2.42. The molecule has 3 aromatic heterocycles. The van der Waals surface area contributed by atoms with E-state index in [1.807, 2.05) is 13.8 Å². The Kier molecular flexibility index (Phi) is 3.70. The Morgan fingerprint density at radius 2 is 1.72 bits per heavy atom. The van der Waals surface area contributed by atoms with Crippen LogP contribution < -0.4 is 4.57 Å². The SMILES string of the molecule is [C-]#[N+]C(C)(C)Cc1cccc2c3cc[n+](C)c4c5c(C)c(C)cc6cccc(c65)n(c12)c34. The molecule has 3 aromatic carbocycles. The summed E-state index contributed by atoms with van der Waals surface area (Å²) in [5.41, 5.74) is 8.49. The molecule has 0 saturated heterocycles. The van der Waals surface area contributed by atoms with Crippen molar-refractivity contribution in [1.82, 2.24) is 4.40 Å². The summed E-state index contributed by atoms with van der Waals surface area (Å²) in [5.74, 6) is 0. The predicted molar refractivity (Wildman–Crippen MR) is 134 cm³/mol. The minimum absolute atomic E-state index is 0.440. The average Bonchev–Trinajstić information content (AvgIpc) is 3.11. The molecule has 32 heavy (non-hydrogen) atoms. The first kappa shape index (κ1) is 19.1. The lowest BCUT2D eigenvalue weighted by Gasteiger charge is -2.16. The Bertz CT molecular complexity index is 1760. The van der Waals surface area contributed by atoms with E-state index in [1.54, 1.807) is 0 Å². The number of fused-ring (bicyclic) bond motifs is 5. The molecule has 0 bridgehead atoms. The number of benzene rings is 3. The van der Waals surface area contributed by atoms with Gasteiger partial charge in [-0.1, -0.05) is 36.4 Å². The van der Waals surface area contributed by atoms with Crippen LogP contribution in [0.15, 0.2) is 54.7 Å². The molecule has 3 nitrogen and oxygen atoms in total. The van der Waals surface area contributed by atoms with Gasteiger partial charge in [0, 0.05) is 36.1 Å². The van der Waals surface area contributed by atoms with Crippen LogP contribution in [0.4, 0.5) is 0 Å². The number of hydrogen-bond donors (Lipinski definition) is 0. The molecule has 0 unspecified atom stereocenters. The molecule has 6 aromatic rings. The quantitative estimate of drug-likeness (QED) is 0.129. The monoisotopic (exact) mass is 416 g/mol. The van der Waals surface area contributed by atoms with E-state index in [0.29, 0.717) is 0 Å². The molecule has 0 N–H and O–H groups in total. The third-order valence-corrected chi connectivity index (χ3v) is 7.22. The fraction of sp³-hybridized carbons (Fsp3) is 0.241. The van der Waals surface area contributed by atoms with Gasteiger partial charge in [-0.05, 0) is 42.0 Å². The topological polar surface area (TPSA) is 12.7 Å². The predicted octanol–water partition coefficient (Wildman–Crippen LogP) is 6.67. The van der Waals surface area contributed by atoms with E-state index in [2.05, 4.69) is 89.4 Å². The van der Waals surface area contributed by atoms with E-state index in [9.17, 15) is 0 Å². The highest BCUT2D eigenvalue weighted by Gasteiger charge is 2.29. The fourth-order valence-corrected chi connectivity index (χ4v) is 5.61. The Morgan fingerprint density at radius 3 is 2.50 bits per heavy atom. The van der Waals surface area contributed by atoms with E-state index in [0.717, 1.165) is 6.42 Å². The number of pyridine rings is 2. The average molecular weight is 417 g/mol. The van der Waals surface area contributed by atoms with Gasteiger partial charge >= 0.3 is 0 Å². The lowest BCUT2D eigenvalue weighted by atomic mass is 9.94. The lowest BCUT2D eigenvalue weighted by Crippen LogP contribution is -2.29. The van der Waals surface area contributed by atoms with Crippen LogP contribution in [-0.4, -0.2) is 9.94 Å². The third kappa shape index (κ3) is 2.33. The van der Waals surface area contributed by atoms with Gasteiger partial charge in [0.25, 0.3) is 0 Å². The van der Waals surface area contributed by atoms with Crippen LogP contribution >= 0.6 is 0 Å². The fourth-order valence-electron chi connectivity index (χ4n) is 5.61. The largest absolute Gasteiger partial charge is 0.311 e. The second kappa shape index (κ2) is 6.20. The molecule has 0 radical (unpaired) electrons. The Hall–Kier alpha value is -3.64. The highest BCUT2D eigenvalue weighted by molar-refractivity contribution is 6.26. The molecule has 0 atom stereocenters. The van der Waals surface area contributed by atoms with Crippen LogP contribution in [-0.2, 0) is 13.5 Å². The van der Waals surface area contributed by atoms with Crippen molar-refractivity contribution in [2.45, 2.75) is 39.7 Å². The molecular weight excluding hydrogens is 390 g/mol. The van der Waals surface area contributed by atoms with Crippen molar-refractivity contribution in [1.29, 1.82) is 0 Å². The second-order valence-electron chi connectivity index (χ2n) is 9.86. The van der Waals surface area contributed by atoms with Gasteiger partial charge in [-0.3, -0.25) is 0 Å². The van der Waals surface area contributed by atoms with Gasteiger partial charge in [-0.2, -0.15) is 4.57 Å². The zero-order valence-electron chi connectivity index (χ0n) is 19.2. The first-order valence-electron chi connectivity index (χ1n) is 11.2. The Balaban J connectivity index is 1.98. The molecule has 3 heteroatoms. The van der Waals surface area contributed by atoms with E-state index in [1.165, 1.54) is 65.7 Å². The van der Waals surface area contributed by atoms with Gasteiger partial charge in [-0.15, -0.1) is 0 Å². The smallest absolute Gasteiger partial charge is 0.238 e. The van der Waals surface area contributed by atoms with E-state index >= 15 is 0 Å². The summed E-state index contributed by atoms with van der Waals surface area (Å²) in [6.45, 7) is 16.2. The number of hydrogen-bond acceptors (Lipinski definition) is 0. The Morgan fingerprint density at radius 1 is 0.969 bits per heavy atom. The van der Waals surface area contributed by atoms with Crippen molar-refractivity contribution in [3.05, 3.63) is 82.8 Å². The first-order valence-corrected chi connectivity index (χ1v) is 11.2. The Labute approximate surface area is 187 Å². The molecule has 0 aliphatic rings. The first-order chi connectivity index (χ1) is 15.3. The van der Waals surface area contributed by atoms with Crippen LogP contribution in [0.5, 0.6) is 0 Å². The van der Waals surface area contributed by atoms with Gasteiger partial charge in [0.05, 0.1) is 22.8 Å². The van der Waals surface area contributed by atoms with E-state index < -0.39 is 5.54 Å². The van der Waals surface area contributed by atoms with Gasteiger partial charge in [0.1, 0.15) is 12.6 Å². The van der Waals surface area contributed by atoms with Crippen molar-refractivity contribution in [3.63, 3.8) is 0 Å². The third-order valence-electron chi connectivity index (χ3n) is 7.22. The maximum Gasteiger partial charge on any atom is 0.238 e. The number of para-hydroxylation sites is 1. The maximum absolute atomic E-state index is 7.69. The van der Waals surface area contributed by atoms with Crippen LogP contribution in [0.25, 0.3) is 53.8 Å². The number of nitrogens with zero attached hydrogens (tertiary/aromatic N) is 3. The van der Waals surface area contributed by atoms with Crippen LogP contribution in [0.2, 0.25) is 0 Å². The highest BCUT2D eigenvalue weighted by atomic mass is 15.0. The molecule has 0 aliphatic carbocycles. The number of aromatic nitrogens is 2. The summed E-state index contributed by atoms with van der Waals surface area (Å²) in [4.78, 5) is 3.91. The summed E-state index contributed by atoms with van der Waals surface area (Å²) < 4.78 is 4.75. The zero-order valence-corrected chi connectivity index (χ0v) is 19.2. The molecule has 0 amide bonds. The van der Waals surface area contributed by atoms with Gasteiger partial charge in [0.2, 0.25) is 11.1 Å². The summed E-state index contributed by atoms with van der Waals surface area (Å²) in [6.07, 6.45) is 2.92. The molecule has 0 fully saturated rings. The molecular formula is C29H26N3+. The van der Waals surface area contributed by atoms with Gasteiger partial charge in [0.15, 0.2) is 6.20 Å². The van der Waals surface area contributed by atoms with Gasteiger partial charge < -0.3 is 9.25 Å². The molecule has 6 rings (SSSR count). The van der Waals surface area contributed by atoms with E-state index in [-0.39, 0.29) is 0 Å². The molecule has 3 heterocycles. The standard InChI is InChI=1S/C29H26N3/c1-17-15-19-9-8-12-23-25(19)24(18(17)2)28-27-22(13-14-31(28)6)21-11-7-10-20(26(21)32(23)27)16-29(3,4)30-5/h7-15H,16H2,1-4,6H3/q+1. The minimum atomic E-state index is -0.440. The molecule has 156 valence electrons. The molecule has 0 aliphatic heterocycles.